The van der Waals surface area contributed by atoms with Gasteiger partial charge in [-0.05, 0) is 31.8 Å². The van der Waals surface area contributed by atoms with Crippen molar-refractivity contribution < 1.29 is 0 Å². The Hall–Kier alpha value is -0.740. The smallest absolute Gasteiger partial charge is 0.0275 e. The van der Waals surface area contributed by atoms with Gasteiger partial charge in [-0.15, -0.1) is 12.3 Å². The maximum absolute atomic E-state index is 3.68. The number of rotatable bonds is 7. The van der Waals surface area contributed by atoms with E-state index in [1.165, 1.54) is 25.7 Å². The highest BCUT2D eigenvalue weighted by Gasteiger charge is 1.85. The van der Waals surface area contributed by atoms with Crippen LogP contribution in [0.25, 0.3) is 0 Å². The molecule has 0 aromatic carbocycles. The van der Waals surface area contributed by atoms with Crippen LogP contribution in [-0.2, 0) is 0 Å². The Balaban J connectivity index is 2.90. The molecule has 0 atom stereocenters. The lowest BCUT2D eigenvalue weighted by Crippen LogP contribution is -1.75. The Kier molecular flexibility index (Phi) is 8.64. The van der Waals surface area contributed by atoms with Gasteiger partial charge in [0, 0.05) is 0 Å². The standard InChI is InChI=1S/C11H18/c1-3-5-7-9-11-10-8-6-4-2/h3,6H,1-2,5,7-11H2. The van der Waals surface area contributed by atoms with Gasteiger partial charge < -0.3 is 0 Å². The van der Waals surface area contributed by atoms with Crippen molar-refractivity contribution in [3.63, 3.8) is 0 Å². The molecule has 0 fully saturated rings. The van der Waals surface area contributed by atoms with Gasteiger partial charge in [0.2, 0.25) is 0 Å². The molecule has 11 heavy (non-hydrogen) atoms. The average molecular weight is 150 g/mol. The van der Waals surface area contributed by atoms with Crippen molar-refractivity contribution in [1.82, 2.24) is 0 Å². The molecule has 0 saturated heterocycles. The van der Waals surface area contributed by atoms with Crippen molar-refractivity contribution in [3.05, 3.63) is 31.0 Å². The predicted octanol–water partition coefficient (Wildman–Crippen LogP) is 3.85. The van der Waals surface area contributed by atoms with Crippen LogP contribution in [0.4, 0.5) is 0 Å². The van der Waals surface area contributed by atoms with E-state index in [4.69, 9.17) is 0 Å². The molecule has 0 saturated carbocycles. The van der Waals surface area contributed by atoms with Gasteiger partial charge in [-0.25, -0.2) is 0 Å². The van der Waals surface area contributed by atoms with E-state index in [1.54, 1.807) is 0 Å². The van der Waals surface area contributed by atoms with Crippen molar-refractivity contribution in [3.8, 4) is 0 Å². The molecular weight excluding hydrogens is 132 g/mol. The van der Waals surface area contributed by atoms with E-state index >= 15 is 0 Å². The molecular formula is C11H18. The minimum absolute atomic E-state index is 1.14. The highest BCUT2D eigenvalue weighted by Crippen LogP contribution is 2.05. The molecule has 0 aliphatic carbocycles. The van der Waals surface area contributed by atoms with E-state index < -0.39 is 0 Å². The molecule has 0 aliphatic heterocycles. The lowest BCUT2D eigenvalue weighted by Gasteiger charge is -1.95. The summed E-state index contributed by atoms with van der Waals surface area (Å²) in [4.78, 5) is 0. The van der Waals surface area contributed by atoms with Crippen LogP contribution in [0.3, 0.4) is 0 Å². The third kappa shape index (κ3) is 9.26. The molecule has 0 aliphatic rings. The van der Waals surface area contributed by atoms with E-state index in [1.807, 2.05) is 12.2 Å². The molecule has 62 valence electrons. The van der Waals surface area contributed by atoms with E-state index in [9.17, 15) is 0 Å². The Bertz CT molecular complexity index is 127. The minimum atomic E-state index is 1.14. The van der Waals surface area contributed by atoms with E-state index in [-0.39, 0.29) is 0 Å². The summed E-state index contributed by atoms with van der Waals surface area (Å²) in [5, 5.41) is 0. The van der Waals surface area contributed by atoms with Gasteiger partial charge in [-0.2, -0.15) is 0 Å². The van der Waals surface area contributed by atoms with Crippen molar-refractivity contribution in [2.45, 2.75) is 38.5 Å². The number of allylic oxidation sites excluding steroid dienone is 2. The zero-order valence-electron chi connectivity index (χ0n) is 7.31. The van der Waals surface area contributed by atoms with Crippen LogP contribution in [0.2, 0.25) is 0 Å². The Labute approximate surface area is 70.3 Å². The number of hydrogen-bond donors (Lipinski definition) is 0. The lowest BCUT2D eigenvalue weighted by atomic mass is 10.1. The van der Waals surface area contributed by atoms with E-state index in [2.05, 4.69) is 18.9 Å². The van der Waals surface area contributed by atoms with Gasteiger partial charge in [0.1, 0.15) is 0 Å². The summed E-state index contributed by atoms with van der Waals surface area (Å²) >= 11 is 0. The van der Waals surface area contributed by atoms with Crippen LogP contribution < -0.4 is 0 Å². The highest BCUT2D eigenvalue weighted by atomic mass is 13.9. The first kappa shape index (κ1) is 10.3. The van der Waals surface area contributed by atoms with Gasteiger partial charge in [0.15, 0.2) is 0 Å². The summed E-state index contributed by atoms with van der Waals surface area (Å²) in [7, 11) is 0. The first-order chi connectivity index (χ1) is 5.41. The fourth-order valence-corrected chi connectivity index (χ4v) is 0.991. The highest BCUT2D eigenvalue weighted by molar-refractivity contribution is 4.75. The average Bonchev–Trinajstić information content (AvgIpc) is 2.03. The second-order valence-electron chi connectivity index (χ2n) is 2.69. The van der Waals surface area contributed by atoms with Crippen molar-refractivity contribution in [1.29, 1.82) is 0 Å². The van der Waals surface area contributed by atoms with Crippen LogP contribution in [0, 0.1) is 0 Å². The molecule has 0 spiro atoms. The molecule has 0 aromatic rings. The molecule has 0 radical (unpaired) electrons. The molecule has 0 unspecified atom stereocenters. The quantitative estimate of drug-likeness (QED) is 0.294. The monoisotopic (exact) mass is 150 g/mol. The van der Waals surface area contributed by atoms with Gasteiger partial charge in [0.05, 0.1) is 0 Å². The molecule has 0 nitrogen and oxygen atoms in total. The Morgan fingerprint density at radius 2 is 1.64 bits per heavy atom. The minimum Gasteiger partial charge on any atom is -0.133 e. The summed E-state index contributed by atoms with van der Waals surface area (Å²) in [5.41, 5.74) is 2.78. The topological polar surface area (TPSA) is 0 Å². The van der Waals surface area contributed by atoms with E-state index in [0.29, 0.717) is 0 Å². The third-order valence-electron chi connectivity index (χ3n) is 1.65. The molecule has 0 amide bonds. The Morgan fingerprint density at radius 1 is 1.00 bits per heavy atom. The summed E-state index contributed by atoms with van der Waals surface area (Å²) in [5.74, 6) is 0. The normalized spacial score (nSPS) is 8.73. The predicted molar refractivity (Wildman–Crippen MR) is 51.6 cm³/mol. The van der Waals surface area contributed by atoms with Gasteiger partial charge in [-0.1, -0.05) is 25.5 Å². The second-order valence-corrected chi connectivity index (χ2v) is 2.69. The molecule has 0 heterocycles. The third-order valence-corrected chi connectivity index (χ3v) is 1.65. The maximum Gasteiger partial charge on any atom is -0.0275 e. The van der Waals surface area contributed by atoms with Crippen LogP contribution in [-0.4, -0.2) is 0 Å². The molecule has 0 N–H and O–H groups in total. The Morgan fingerprint density at radius 3 is 2.18 bits per heavy atom. The zero-order valence-corrected chi connectivity index (χ0v) is 7.31. The fraction of sp³-hybridized carbons (Fsp3) is 0.545. The number of unbranched alkanes of at least 4 members (excludes halogenated alkanes) is 5. The van der Waals surface area contributed by atoms with Gasteiger partial charge in [-0.3, -0.25) is 0 Å². The summed E-state index contributed by atoms with van der Waals surface area (Å²) < 4.78 is 0. The molecule has 0 heteroatoms. The second kappa shape index (κ2) is 9.26. The van der Waals surface area contributed by atoms with Crippen molar-refractivity contribution in [2.75, 3.05) is 0 Å². The first-order valence-corrected chi connectivity index (χ1v) is 4.37. The van der Waals surface area contributed by atoms with Gasteiger partial charge >= 0.3 is 0 Å². The molecule has 0 aromatic heterocycles. The first-order valence-electron chi connectivity index (χ1n) is 4.37. The molecule has 0 rings (SSSR count). The van der Waals surface area contributed by atoms with Crippen molar-refractivity contribution >= 4 is 0 Å². The zero-order chi connectivity index (χ0) is 8.36. The number of hydrogen-bond acceptors (Lipinski definition) is 0. The van der Waals surface area contributed by atoms with Gasteiger partial charge in [0.25, 0.3) is 0 Å². The lowest BCUT2D eigenvalue weighted by molar-refractivity contribution is 0.653. The SMILES string of the molecule is C=C=CCCCCCCC=C. The summed E-state index contributed by atoms with van der Waals surface area (Å²) in [6.45, 7) is 7.20. The van der Waals surface area contributed by atoms with Crippen LogP contribution in [0.15, 0.2) is 31.0 Å². The fourth-order valence-electron chi connectivity index (χ4n) is 0.991. The summed E-state index contributed by atoms with van der Waals surface area (Å²) in [6, 6.07) is 0. The van der Waals surface area contributed by atoms with Crippen LogP contribution >= 0.6 is 0 Å². The van der Waals surface area contributed by atoms with Crippen LogP contribution in [0.5, 0.6) is 0 Å². The van der Waals surface area contributed by atoms with E-state index in [0.717, 1.165) is 12.8 Å². The van der Waals surface area contributed by atoms with Crippen LogP contribution in [0.1, 0.15) is 38.5 Å². The van der Waals surface area contributed by atoms with Crippen molar-refractivity contribution in [2.24, 2.45) is 0 Å². The largest absolute Gasteiger partial charge is 0.133 e. The summed E-state index contributed by atoms with van der Waals surface area (Å²) in [6.07, 6.45) is 11.5. The molecule has 0 bridgehead atoms. The maximum atomic E-state index is 3.68.